The maximum atomic E-state index is 11.5. The fourth-order valence-electron chi connectivity index (χ4n) is 3.03. The van der Waals surface area contributed by atoms with Gasteiger partial charge in [0.1, 0.15) is 0 Å². The highest BCUT2D eigenvalue weighted by molar-refractivity contribution is 6.30. The van der Waals surface area contributed by atoms with Crippen molar-refractivity contribution in [1.82, 2.24) is 10.2 Å². The quantitative estimate of drug-likeness (QED) is 0.895. The molecule has 1 saturated heterocycles. The zero-order valence-corrected chi connectivity index (χ0v) is 13.4. The Balaban J connectivity index is 2.02. The minimum absolute atomic E-state index is 0.113. The summed E-state index contributed by atoms with van der Waals surface area (Å²) in [6, 6.07) is 6.00. The largest absolute Gasteiger partial charge is 0.388 e. The molecule has 1 unspecified atom stereocenters. The topological polar surface area (TPSA) is 52.6 Å². The number of carbonyl (C=O) groups is 1. The lowest BCUT2D eigenvalue weighted by Gasteiger charge is -2.39. The molecule has 21 heavy (non-hydrogen) atoms. The van der Waals surface area contributed by atoms with Gasteiger partial charge >= 0.3 is 0 Å². The minimum atomic E-state index is -0.925. The lowest BCUT2D eigenvalue weighted by atomic mass is 9.89. The van der Waals surface area contributed by atoms with E-state index in [1.165, 1.54) is 0 Å². The molecule has 1 aliphatic heterocycles. The standard InChI is InChI=1S/C16H23ClN2O2/c1-12-6-13(8-14(17)7-12)10-19-5-3-4-16(21,11-19)9-15(20)18-2/h6-8,21H,3-5,9-11H2,1-2H3,(H,18,20). The lowest BCUT2D eigenvalue weighted by molar-refractivity contribution is -0.128. The van der Waals surface area contributed by atoms with E-state index in [4.69, 9.17) is 11.6 Å². The number of hydrogen-bond donors (Lipinski definition) is 2. The van der Waals surface area contributed by atoms with Gasteiger partial charge in [0.15, 0.2) is 0 Å². The van der Waals surface area contributed by atoms with Crippen LogP contribution in [0.4, 0.5) is 0 Å². The summed E-state index contributed by atoms with van der Waals surface area (Å²) in [7, 11) is 1.60. The van der Waals surface area contributed by atoms with E-state index in [1.807, 2.05) is 19.1 Å². The van der Waals surface area contributed by atoms with Crippen LogP contribution in [0.1, 0.15) is 30.4 Å². The van der Waals surface area contributed by atoms with Crippen molar-refractivity contribution in [3.05, 3.63) is 34.3 Å². The number of likely N-dealkylation sites (tertiary alicyclic amines) is 1. The summed E-state index contributed by atoms with van der Waals surface area (Å²) in [5.41, 5.74) is 1.35. The monoisotopic (exact) mass is 310 g/mol. The molecule has 1 amide bonds. The van der Waals surface area contributed by atoms with Crippen LogP contribution in [0.3, 0.4) is 0 Å². The second kappa shape index (κ2) is 6.77. The minimum Gasteiger partial charge on any atom is -0.388 e. The number of β-amino-alcohol motifs (C(OH)–C–C–N with tert-alkyl or cyclic N) is 1. The Kier molecular flexibility index (Phi) is 5.25. The number of halogens is 1. The van der Waals surface area contributed by atoms with E-state index >= 15 is 0 Å². The van der Waals surface area contributed by atoms with Crippen molar-refractivity contribution in [2.45, 2.75) is 38.3 Å². The van der Waals surface area contributed by atoms with E-state index in [1.54, 1.807) is 7.05 Å². The van der Waals surface area contributed by atoms with Crippen LogP contribution in [-0.4, -0.2) is 41.7 Å². The van der Waals surface area contributed by atoms with E-state index in [0.717, 1.165) is 35.7 Å². The van der Waals surface area contributed by atoms with E-state index in [2.05, 4.69) is 16.3 Å². The summed E-state index contributed by atoms with van der Waals surface area (Å²) in [6.07, 6.45) is 1.73. The molecule has 1 aromatic carbocycles. The van der Waals surface area contributed by atoms with Gasteiger partial charge in [-0.25, -0.2) is 0 Å². The molecule has 0 radical (unpaired) electrons. The number of rotatable bonds is 4. The Labute approximate surface area is 131 Å². The molecule has 116 valence electrons. The highest BCUT2D eigenvalue weighted by Crippen LogP contribution is 2.26. The predicted octanol–water partition coefficient (Wildman–Crippen LogP) is 2.11. The van der Waals surface area contributed by atoms with Gasteiger partial charge in [-0.15, -0.1) is 0 Å². The molecule has 0 bridgehead atoms. The molecular weight excluding hydrogens is 288 g/mol. The molecule has 0 saturated carbocycles. The summed E-state index contributed by atoms with van der Waals surface area (Å²) in [5.74, 6) is -0.113. The second-order valence-corrected chi connectivity index (χ2v) is 6.46. The van der Waals surface area contributed by atoms with Gasteiger partial charge in [-0.2, -0.15) is 0 Å². The van der Waals surface area contributed by atoms with Crippen LogP contribution >= 0.6 is 11.6 Å². The van der Waals surface area contributed by atoms with Crippen LogP contribution in [0.2, 0.25) is 5.02 Å². The second-order valence-electron chi connectivity index (χ2n) is 6.03. The first-order chi connectivity index (χ1) is 9.90. The molecule has 0 aliphatic carbocycles. The van der Waals surface area contributed by atoms with Gasteiger partial charge in [0.25, 0.3) is 0 Å². The molecule has 0 spiro atoms. The maximum Gasteiger partial charge on any atom is 0.222 e. The van der Waals surface area contributed by atoms with Gasteiger partial charge in [0, 0.05) is 25.2 Å². The Morgan fingerprint density at radius 3 is 2.90 bits per heavy atom. The molecule has 2 rings (SSSR count). The highest BCUT2D eigenvalue weighted by Gasteiger charge is 2.35. The fraction of sp³-hybridized carbons (Fsp3) is 0.562. The predicted molar refractivity (Wildman–Crippen MR) is 84.3 cm³/mol. The first-order valence-electron chi connectivity index (χ1n) is 7.32. The third-order valence-corrected chi connectivity index (χ3v) is 4.13. The highest BCUT2D eigenvalue weighted by atomic mass is 35.5. The summed E-state index contributed by atoms with van der Waals surface area (Å²) < 4.78 is 0. The maximum absolute atomic E-state index is 11.5. The molecule has 1 fully saturated rings. The molecule has 0 aromatic heterocycles. The summed E-state index contributed by atoms with van der Waals surface area (Å²) in [5, 5.41) is 13.9. The third kappa shape index (κ3) is 4.70. The van der Waals surface area contributed by atoms with Crippen molar-refractivity contribution < 1.29 is 9.90 Å². The van der Waals surface area contributed by atoms with Crippen molar-refractivity contribution in [3.8, 4) is 0 Å². The van der Waals surface area contributed by atoms with Crippen molar-refractivity contribution in [2.24, 2.45) is 0 Å². The first kappa shape index (κ1) is 16.3. The SMILES string of the molecule is CNC(=O)CC1(O)CCCN(Cc2cc(C)cc(Cl)c2)C1. The number of nitrogens with one attached hydrogen (secondary N) is 1. The van der Waals surface area contributed by atoms with Crippen LogP contribution < -0.4 is 5.32 Å². The number of nitrogens with zero attached hydrogens (tertiary/aromatic N) is 1. The zero-order valence-electron chi connectivity index (χ0n) is 12.7. The van der Waals surface area contributed by atoms with Crippen molar-refractivity contribution in [3.63, 3.8) is 0 Å². The molecule has 1 atom stereocenters. The number of benzene rings is 1. The molecule has 1 heterocycles. The number of aliphatic hydroxyl groups is 1. The molecule has 1 aromatic rings. The van der Waals surface area contributed by atoms with Crippen molar-refractivity contribution >= 4 is 17.5 Å². The van der Waals surface area contributed by atoms with Crippen molar-refractivity contribution in [2.75, 3.05) is 20.1 Å². The van der Waals surface area contributed by atoms with Crippen LogP contribution in [-0.2, 0) is 11.3 Å². The van der Waals surface area contributed by atoms with Gasteiger partial charge in [-0.05, 0) is 49.6 Å². The van der Waals surface area contributed by atoms with Crippen LogP contribution in [0, 0.1) is 6.92 Å². The molecule has 2 N–H and O–H groups in total. The Bertz CT molecular complexity index is 501. The number of carbonyl (C=O) groups excluding carboxylic acids is 1. The van der Waals surface area contributed by atoms with Gasteiger partial charge in [-0.3, -0.25) is 9.69 Å². The number of piperidine rings is 1. The third-order valence-electron chi connectivity index (χ3n) is 3.91. The van der Waals surface area contributed by atoms with Gasteiger partial charge < -0.3 is 10.4 Å². The lowest BCUT2D eigenvalue weighted by Crippen LogP contribution is -2.49. The Morgan fingerprint density at radius 1 is 1.48 bits per heavy atom. The Morgan fingerprint density at radius 2 is 2.24 bits per heavy atom. The average molecular weight is 311 g/mol. The zero-order chi connectivity index (χ0) is 15.5. The summed E-state index contributed by atoms with van der Waals surface area (Å²) >= 11 is 6.09. The smallest absolute Gasteiger partial charge is 0.222 e. The van der Waals surface area contributed by atoms with Crippen LogP contribution in [0.5, 0.6) is 0 Å². The number of aryl methyl sites for hydroxylation is 1. The summed E-state index contributed by atoms with van der Waals surface area (Å²) in [4.78, 5) is 13.7. The number of amides is 1. The fourth-order valence-corrected chi connectivity index (χ4v) is 3.35. The van der Waals surface area contributed by atoms with E-state index < -0.39 is 5.60 Å². The van der Waals surface area contributed by atoms with Crippen molar-refractivity contribution in [1.29, 1.82) is 0 Å². The molecule has 4 nitrogen and oxygen atoms in total. The molecule has 5 heteroatoms. The van der Waals surface area contributed by atoms with E-state index in [-0.39, 0.29) is 12.3 Å². The van der Waals surface area contributed by atoms with Gasteiger partial charge in [0.2, 0.25) is 5.91 Å². The van der Waals surface area contributed by atoms with Crippen LogP contribution in [0.25, 0.3) is 0 Å². The van der Waals surface area contributed by atoms with E-state index in [0.29, 0.717) is 13.0 Å². The first-order valence-corrected chi connectivity index (χ1v) is 7.69. The van der Waals surface area contributed by atoms with Gasteiger partial charge in [-0.1, -0.05) is 17.7 Å². The van der Waals surface area contributed by atoms with Gasteiger partial charge in [0.05, 0.1) is 12.0 Å². The van der Waals surface area contributed by atoms with Crippen LogP contribution in [0.15, 0.2) is 18.2 Å². The normalized spacial score (nSPS) is 23.0. The average Bonchev–Trinajstić information content (AvgIpc) is 2.36. The number of hydrogen-bond acceptors (Lipinski definition) is 3. The summed E-state index contributed by atoms with van der Waals surface area (Å²) in [6.45, 7) is 4.22. The molecular formula is C16H23ClN2O2. The molecule has 1 aliphatic rings. The Hall–Kier alpha value is -1.10. The van der Waals surface area contributed by atoms with E-state index in [9.17, 15) is 9.90 Å².